The van der Waals surface area contributed by atoms with Gasteiger partial charge < -0.3 is 15.2 Å². The molecule has 0 aromatic carbocycles. The predicted octanol–water partition coefficient (Wildman–Crippen LogP) is -0.954. The molecule has 0 aliphatic heterocycles. The number of esters is 1. The Kier molecular flexibility index (Phi) is 3.69. The lowest BCUT2D eigenvalue weighted by molar-refractivity contribution is -0.160. The lowest BCUT2D eigenvalue weighted by Crippen LogP contribution is -2.46. The summed E-state index contributed by atoms with van der Waals surface area (Å²) >= 11 is 0. The quantitative estimate of drug-likeness (QED) is 0.542. The average Bonchev–Trinajstić information content (AvgIpc) is 1.99. The van der Waals surface area contributed by atoms with Crippen molar-refractivity contribution in [3.8, 4) is 0 Å². The summed E-state index contributed by atoms with van der Waals surface area (Å²) in [6, 6.07) is 0. The highest BCUT2D eigenvalue weighted by Crippen LogP contribution is 2.03. The fourth-order valence-electron chi connectivity index (χ4n) is 0.589. The van der Waals surface area contributed by atoms with Crippen molar-refractivity contribution >= 4 is 11.9 Å². The molecule has 0 saturated carbocycles. The Morgan fingerprint density at radius 3 is 2.42 bits per heavy atom. The highest BCUT2D eigenvalue weighted by molar-refractivity contribution is 5.80. The van der Waals surface area contributed by atoms with Crippen molar-refractivity contribution in [2.75, 3.05) is 13.7 Å². The first kappa shape index (κ1) is 10.9. The normalized spacial score (nSPS) is 14.7. The molecule has 0 aromatic rings. The van der Waals surface area contributed by atoms with Crippen LogP contribution in [-0.4, -0.2) is 36.2 Å². The summed E-state index contributed by atoms with van der Waals surface area (Å²) in [4.78, 5) is 21.2. The largest absolute Gasteiger partial charge is 0.467 e. The van der Waals surface area contributed by atoms with Crippen molar-refractivity contribution in [3.63, 3.8) is 0 Å². The van der Waals surface area contributed by atoms with Crippen molar-refractivity contribution in [2.24, 2.45) is 0 Å². The number of ether oxygens (including phenoxy) is 1. The minimum atomic E-state index is -1.65. The first-order valence-corrected chi connectivity index (χ1v) is 3.45. The molecule has 1 atom stereocenters. The molecule has 0 heterocycles. The first-order valence-electron chi connectivity index (χ1n) is 3.45. The molecule has 0 aromatic heterocycles. The van der Waals surface area contributed by atoms with Crippen LogP contribution >= 0.6 is 0 Å². The Morgan fingerprint density at radius 1 is 1.58 bits per heavy atom. The molecule has 70 valence electrons. The molecule has 0 saturated heterocycles. The molecule has 2 N–H and O–H groups in total. The van der Waals surface area contributed by atoms with Crippen LogP contribution in [0.2, 0.25) is 0 Å². The summed E-state index contributed by atoms with van der Waals surface area (Å²) < 4.78 is 4.31. The fraction of sp³-hybridized carbons (Fsp3) is 0.714. The smallest absolute Gasteiger partial charge is 0.339 e. The van der Waals surface area contributed by atoms with Gasteiger partial charge in [-0.2, -0.15) is 0 Å². The Hall–Kier alpha value is -1.10. The number of nitrogens with one attached hydrogen (secondary N) is 1. The molecule has 1 amide bonds. The van der Waals surface area contributed by atoms with Crippen LogP contribution in [0, 0.1) is 0 Å². The minimum Gasteiger partial charge on any atom is -0.467 e. The van der Waals surface area contributed by atoms with Gasteiger partial charge in [0, 0.05) is 6.92 Å². The third-order valence-electron chi connectivity index (χ3n) is 1.31. The van der Waals surface area contributed by atoms with Crippen LogP contribution in [0.4, 0.5) is 0 Å². The second-order valence-electron chi connectivity index (χ2n) is 2.68. The second-order valence-corrected chi connectivity index (χ2v) is 2.68. The maximum Gasteiger partial charge on any atom is 0.339 e. The number of hydrogen-bond acceptors (Lipinski definition) is 4. The summed E-state index contributed by atoms with van der Waals surface area (Å²) in [5.74, 6) is -1.07. The third kappa shape index (κ3) is 3.34. The summed E-state index contributed by atoms with van der Waals surface area (Å²) in [6.07, 6.45) is 0. The lowest BCUT2D eigenvalue weighted by atomic mass is 10.1. The van der Waals surface area contributed by atoms with Gasteiger partial charge in [0.25, 0.3) is 0 Å². The van der Waals surface area contributed by atoms with Gasteiger partial charge in [-0.25, -0.2) is 4.79 Å². The molecule has 0 unspecified atom stereocenters. The zero-order valence-corrected chi connectivity index (χ0v) is 7.38. The van der Waals surface area contributed by atoms with Gasteiger partial charge in [0.2, 0.25) is 5.91 Å². The maximum atomic E-state index is 10.8. The van der Waals surface area contributed by atoms with Gasteiger partial charge in [-0.15, -0.1) is 0 Å². The highest BCUT2D eigenvalue weighted by Gasteiger charge is 2.31. The average molecular weight is 175 g/mol. The van der Waals surface area contributed by atoms with Crippen LogP contribution in [0.5, 0.6) is 0 Å². The second kappa shape index (κ2) is 4.06. The van der Waals surface area contributed by atoms with Crippen LogP contribution in [0.25, 0.3) is 0 Å². The third-order valence-corrected chi connectivity index (χ3v) is 1.31. The number of rotatable bonds is 3. The topological polar surface area (TPSA) is 75.6 Å². The summed E-state index contributed by atoms with van der Waals surface area (Å²) in [6.45, 7) is 2.43. The number of methoxy groups -OCH3 is 1. The van der Waals surface area contributed by atoms with Crippen LogP contribution in [0.1, 0.15) is 13.8 Å². The Balaban J connectivity index is 4.03. The SMILES string of the molecule is COC(=O)[C@](C)(O)CNC(C)=O. The molecular formula is C7H13NO4. The molecule has 0 radical (unpaired) electrons. The van der Waals surface area contributed by atoms with Gasteiger partial charge in [0.15, 0.2) is 5.60 Å². The molecule has 5 heteroatoms. The number of hydrogen-bond donors (Lipinski definition) is 2. The molecular weight excluding hydrogens is 162 g/mol. The van der Waals surface area contributed by atoms with Gasteiger partial charge in [0.1, 0.15) is 0 Å². The molecule has 12 heavy (non-hydrogen) atoms. The zero-order chi connectivity index (χ0) is 9.78. The van der Waals surface area contributed by atoms with Crippen molar-refractivity contribution in [2.45, 2.75) is 19.4 Å². The molecule has 0 rings (SSSR count). The van der Waals surface area contributed by atoms with Crippen molar-refractivity contribution < 1.29 is 19.4 Å². The van der Waals surface area contributed by atoms with E-state index in [2.05, 4.69) is 10.1 Å². The van der Waals surface area contributed by atoms with E-state index >= 15 is 0 Å². The number of carbonyl (C=O) groups excluding carboxylic acids is 2. The molecule has 0 bridgehead atoms. The van der Waals surface area contributed by atoms with Crippen molar-refractivity contribution in [1.29, 1.82) is 0 Å². The standard InChI is InChI=1S/C7H13NO4/c1-5(9)8-4-7(2,11)6(10)12-3/h11H,4H2,1-3H3,(H,8,9)/t7-/m1/s1. The predicted molar refractivity (Wildman–Crippen MR) is 41.3 cm³/mol. The van der Waals surface area contributed by atoms with Gasteiger partial charge in [-0.05, 0) is 6.92 Å². The van der Waals surface area contributed by atoms with Gasteiger partial charge >= 0.3 is 5.97 Å². The van der Waals surface area contributed by atoms with E-state index in [4.69, 9.17) is 0 Å². The molecule has 0 aliphatic carbocycles. The number of amides is 1. The molecule has 0 aliphatic rings. The maximum absolute atomic E-state index is 10.8. The van der Waals surface area contributed by atoms with E-state index in [1.807, 2.05) is 0 Å². The molecule has 5 nitrogen and oxygen atoms in total. The van der Waals surface area contributed by atoms with Crippen LogP contribution in [-0.2, 0) is 14.3 Å². The van der Waals surface area contributed by atoms with E-state index in [1.54, 1.807) is 0 Å². The number of aliphatic hydroxyl groups is 1. The summed E-state index contributed by atoms with van der Waals surface area (Å²) in [5.41, 5.74) is -1.65. The van der Waals surface area contributed by atoms with Gasteiger partial charge in [-0.1, -0.05) is 0 Å². The van der Waals surface area contributed by atoms with Gasteiger partial charge in [0.05, 0.1) is 13.7 Å². The first-order chi connectivity index (χ1) is 5.40. The van der Waals surface area contributed by atoms with E-state index < -0.39 is 11.6 Å². The van der Waals surface area contributed by atoms with E-state index in [9.17, 15) is 14.7 Å². The molecule has 0 spiro atoms. The van der Waals surface area contributed by atoms with Crippen molar-refractivity contribution in [1.82, 2.24) is 5.32 Å². The lowest BCUT2D eigenvalue weighted by Gasteiger charge is -2.19. The Morgan fingerprint density at radius 2 is 2.08 bits per heavy atom. The highest BCUT2D eigenvalue weighted by atomic mass is 16.5. The minimum absolute atomic E-state index is 0.144. The Bertz CT molecular complexity index is 188. The van der Waals surface area contributed by atoms with Crippen LogP contribution < -0.4 is 5.32 Å². The van der Waals surface area contributed by atoms with Crippen LogP contribution in [0.3, 0.4) is 0 Å². The zero-order valence-electron chi connectivity index (χ0n) is 7.38. The Labute approximate surface area is 70.7 Å². The number of carbonyl (C=O) groups is 2. The van der Waals surface area contributed by atoms with E-state index in [1.165, 1.54) is 21.0 Å². The van der Waals surface area contributed by atoms with E-state index in [-0.39, 0.29) is 12.5 Å². The van der Waals surface area contributed by atoms with Crippen molar-refractivity contribution in [3.05, 3.63) is 0 Å². The van der Waals surface area contributed by atoms with E-state index in [0.717, 1.165) is 0 Å². The summed E-state index contributed by atoms with van der Waals surface area (Å²) in [5, 5.41) is 11.7. The van der Waals surface area contributed by atoms with Gasteiger partial charge in [-0.3, -0.25) is 4.79 Å². The fourth-order valence-corrected chi connectivity index (χ4v) is 0.589. The van der Waals surface area contributed by atoms with Crippen LogP contribution in [0.15, 0.2) is 0 Å². The van der Waals surface area contributed by atoms with E-state index in [0.29, 0.717) is 0 Å². The monoisotopic (exact) mass is 175 g/mol. The molecule has 0 fully saturated rings. The summed E-state index contributed by atoms with van der Waals surface area (Å²) in [7, 11) is 1.17.